The van der Waals surface area contributed by atoms with Crippen LogP contribution in [-0.2, 0) is 17.4 Å². The highest BCUT2D eigenvalue weighted by atomic mass is 79.9. The Morgan fingerprint density at radius 3 is 2.40 bits per heavy atom. The van der Waals surface area contributed by atoms with Gasteiger partial charge in [-0.2, -0.15) is 0 Å². The van der Waals surface area contributed by atoms with Crippen LogP contribution in [0.5, 0.6) is 11.5 Å². The zero-order chi connectivity index (χ0) is 27.6. The molecular formula is C34H51BrN2O3. The van der Waals surface area contributed by atoms with Crippen LogP contribution in [0.4, 0.5) is 0 Å². The van der Waals surface area contributed by atoms with Crippen molar-refractivity contribution < 1.29 is 14.6 Å². The highest BCUT2D eigenvalue weighted by Gasteiger charge is 2.53. The lowest BCUT2D eigenvalue weighted by atomic mass is 9.52. The van der Waals surface area contributed by atoms with Crippen molar-refractivity contribution in [3.05, 3.63) is 59.2 Å². The summed E-state index contributed by atoms with van der Waals surface area (Å²) in [7, 11) is 9.93. The molecule has 1 heterocycles. The van der Waals surface area contributed by atoms with Crippen LogP contribution < -0.4 is 9.47 Å². The summed E-state index contributed by atoms with van der Waals surface area (Å²) in [5.41, 5.74) is 3.96. The molecule has 1 aliphatic heterocycles. The van der Waals surface area contributed by atoms with Crippen LogP contribution in [0, 0.1) is 11.8 Å². The highest BCUT2D eigenvalue weighted by Crippen LogP contribution is 2.56. The van der Waals surface area contributed by atoms with E-state index in [-0.39, 0.29) is 17.0 Å². The number of aliphatic hydroxyl groups is 1. The summed E-state index contributed by atoms with van der Waals surface area (Å²) in [5.74, 6) is 3.03. The van der Waals surface area contributed by atoms with Gasteiger partial charge in [0.25, 0.3) is 0 Å². The van der Waals surface area contributed by atoms with Gasteiger partial charge in [-0.3, -0.25) is 0 Å². The van der Waals surface area contributed by atoms with E-state index in [1.807, 2.05) is 24.3 Å². The number of hydrogen-bond acceptors (Lipinski definition) is 5. The number of piperidine rings is 1. The smallest absolute Gasteiger partial charge is 0.119 e. The predicted molar refractivity (Wildman–Crippen MR) is 169 cm³/mol. The summed E-state index contributed by atoms with van der Waals surface area (Å²) >= 11 is 0. The van der Waals surface area contributed by atoms with Gasteiger partial charge in [0.05, 0.1) is 19.8 Å². The second-order valence-corrected chi connectivity index (χ2v) is 12.9. The molecule has 0 amide bonds. The topological polar surface area (TPSA) is 45.2 Å². The van der Waals surface area contributed by atoms with Crippen LogP contribution in [0.15, 0.2) is 42.5 Å². The molecule has 2 aromatic carbocycles. The average Bonchev–Trinajstić information content (AvgIpc) is 2.96. The van der Waals surface area contributed by atoms with Crippen molar-refractivity contribution in [2.45, 2.75) is 81.3 Å². The van der Waals surface area contributed by atoms with E-state index in [1.165, 1.54) is 51.5 Å². The fourth-order valence-electron chi connectivity index (χ4n) is 8.49. The average molecular weight is 616 g/mol. The van der Waals surface area contributed by atoms with E-state index in [0.717, 1.165) is 54.8 Å². The maximum absolute atomic E-state index is 11.2. The molecule has 0 aromatic heterocycles. The summed E-state index contributed by atoms with van der Waals surface area (Å²) in [6.45, 7) is 2.19. The monoisotopic (exact) mass is 614 g/mol. The Bertz CT molecular complexity index is 1130. The van der Waals surface area contributed by atoms with Crippen molar-refractivity contribution in [3.8, 4) is 11.5 Å². The van der Waals surface area contributed by atoms with Crippen LogP contribution in [0.3, 0.4) is 0 Å². The van der Waals surface area contributed by atoms with Gasteiger partial charge in [0.15, 0.2) is 0 Å². The molecule has 3 aliphatic carbocycles. The van der Waals surface area contributed by atoms with Crippen LogP contribution >= 0.6 is 17.0 Å². The second-order valence-electron chi connectivity index (χ2n) is 12.9. The molecule has 4 aliphatic rings. The van der Waals surface area contributed by atoms with Crippen molar-refractivity contribution in [2.75, 3.05) is 48.5 Å². The SMILES string of the molecule is Br.COc1ccc2c(c1)[C@@]13CCCC[C@@H]1[C@@H](C2)N(C)CC3.COc1cccc([C@@]2(O)CCCC[C@@H]2CN(C)C)c1. The third-order valence-electron chi connectivity index (χ3n) is 10.5. The zero-order valence-electron chi connectivity index (χ0n) is 25.3. The third-order valence-corrected chi connectivity index (χ3v) is 10.5. The third kappa shape index (κ3) is 5.97. The number of likely N-dealkylation sites (tertiary alicyclic amines) is 1. The molecule has 6 heteroatoms. The molecule has 5 atom stereocenters. The minimum atomic E-state index is -0.711. The Labute approximate surface area is 253 Å². The number of likely N-dealkylation sites (N-methyl/N-ethyl adjacent to an activating group) is 1. The van der Waals surface area contributed by atoms with Crippen molar-refractivity contribution in [3.63, 3.8) is 0 Å². The summed E-state index contributed by atoms with van der Waals surface area (Å²) in [6.07, 6.45) is 12.5. The number of ether oxygens (including phenoxy) is 2. The highest BCUT2D eigenvalue weighted by molar-refractivity contribution is 8.93. The summed E-state index contributed by atoms with van der Waals surface area (Å²) in [6, 6.07) is 15.5. The Hall–Kier alpha value is -1.60. The van der Waals surface area contributed by atoms with Gasteiger partial charge >= 0.3 is 0 Å². The standard InChI is InChI=1S/C18H25NO.C16H25NO2.BrH/c1-19-10-9-18-8-4-3-5-15(18)17(19)11-13-6-7-14(20-2)12-16(13)18;1-17(2)12-14-7-4-5-10-16(14,18)13-8-6-9-15(11-13)19-3;/h6-7,12,15,17H,3-5,8-11H2,1-2H3;6,8-9,11,14,18H,4-5,7,10,12H2,1-3H3;1H/t15-,17-,18-;14-,16+;/m11./s1. The van der Waals surface area contributed by atoms with Gasteiger partial charge in [0, 0.05) is 23.9 Å². The van der Waals surface area contributed by atoms with Gasteiger partial charge in [0.1, 0.15) is 11.5 Å². The molecule has 6 rings (SSSR count). The number of fused-ring (bicyclic) bond motifs is 1. The first-order chi connectivity index (χ1) is 18.8. The summed E-state index contributed by atoms with van der Waals surface area (Å²) in [5, 5.41) is 11.2. The molecule has 222 valence electrons. The number of hydrogen-bond donors (Lipinski definition) is 1. The zero-order valence-corrected chi connectivity index (χ0v) is 27.0. The van der Waals surface area contributed by atoms with E-state index in [0.29, 0.717) is 11.3 Å². The molecule has 0 radical (unpaired) electrons. The first-order valence-corrected chi connectivity index (χ1v) is 15.2. The Morgan fingerprint density at radius 2 is 1.65 bits per heavy atom. The van der Waals surface area contributed by atoms with Gasteiger partial charge in [0.2, 0.25) is 0 Å². The predicted octanol–water partition coefficient (Wildman–Crippen LogP) is 6.60. The van der Waals surface area contributed by atoms with Gasteiger partial charge in [-0.25, -0.2) is 0 Å². The minimum Gasteiger partial charge on any atom is -0.497 e. The largest absolute Gasteiger partial charge is 0.497 e. The van der Waals surface area contributed by atoms with Crippen molar-refractivity contribution in [1.82, 2.24) is 9.80 Å². The maximum Gasteiger partial charge on any atom is 0.119 e. The number of halogens is 1. The Morgan fingerprint density at radius 1 is 0.925 bits per heavy atom. The van der Waals surface area contributed by atoms with Gasteiger partial charge in [-0.1, -0.05) is 43.9 Å². The van der Waals surface area contributed by atoms with Crippen LogP contribution in [0.25, 0.3) is 0 Å². The molecule has 40 heavy (non-hydrogen) atoms. The lowest BCUT2D eigenvalue weighted by molar-refractivity contribution is -0.0619. The van der Waals surface area contributed by atoms with E-state index >= 15 is 0 Å². The number of rotatable bonds is 5. The Balaban J connectivity index is 0.000000181. The van der Waals surface area contributed by atoms with Gasteiger partial charge in [-0.05, 0) is 113 Å². The van der Waals surface area contributed by atoms with Crippen LogP contribution in [-0.4, -0.2) is 69.4 Å². The molecular weight excluding hydrogens is 564 g/mol. The maximum atomic E-state index is 11.2. The molecule has 1 saturated heterocycles. The second kappa shape index (κ2) is 13.1. The normalized spacial score (nSPS) is 31.1. The van der Waals surface area contributed by atoms with Crippen molar-refractivity contribution in [2.24, 2.45) is 11.8 Å². The minimum absolute atomic E-state index is 0. The molecule has 0 spiro atoms. The van der Waals surface area contributed by atoms with E-state index in [1.54, 1.807) is 25.3 Å². The Kier molecular flexibility index (Phi) is 10.3. The van der Waals surface area contributed by atoms with Crippen molar-refractivity contribution >= 4 is 17.0 Å². The van der Waals surface area contributed by atoms with E-state index in [9.17, 15) is 5.11 Å². The summed E-state index contributed by atoms with van der Waals surface area (Å²) < 4.78 is 10.8. The summed E-state index contributed by atoms with van der Waals surface area (Å²) in [4.78, 5) is 4.79. The number of benzene rings is 2. The van der Waals surface area contributed by atoms with Crippen LogP contribution in [0.1, 0.15) is 74.5 Å². The molecule has 2 bridgehead atoms. The number of methoxy groups -OCH3 is 2. The van der Waals surface area contributed by atoms with Gasteiger partial charge in [-0.15, -0.1) is 17.0 Å². The fourth-order valence-corrected chi connectivity index (χ4v) is 8.49. The first-order valence-electron chi connectivity index (χ1n) is 15.2. The van der Waals surface area contributed by atoms with E-state index in [4.69, 9.17) is 9.47 Å². The lowest BCUT2D eigenvalue weighted by Crippen LogP contribution is -2.59. The molecule has 2 aromatic rings. The lowest BCUT2D eigenvalue weighted by Gasteiger charge is -2.58. The van der Waals surface area contributed by atoms with Crippen molar-refractivity contribution in [1.29, 1.82) is 0 Å². The molecule has 1 N–H and O–H groups in total. The van der Waals surface area contributed by atoms with E-state index in [2.05, 4.69) is 49.1 Å². The molecule has 5 nitrogen and oxygen atoms in total. The first kappa shape index (κ1) is 31.3. The van der Waals surface area contributed by atoms with E-state index < -0.39 is 5.60 Å². The van der Waals surface area contributed by atoms with Crippen LogP contribution in [0.2, 0.25) is 0 Å². The van der Waals surface area contributed by atoms with Gasteiger partial charge < -0.3 is 24.4 Å². The molecule has 0 unspecified atom stereocenters. The fraction of sp³-hybridized carbons (Fsp3) is 0.647. The molecule has 3 fully saturated rings. The molecule has 2 saturated carbocycles. The quantitative estimate of drug-likeness (QED) is 0.411. The number of nitrogens with zero attached hydrogens (tertiary/aromatic N) is 2.